The average molecular weight is 436 g/mol. The standard InChI is InChI=1S/C23H25FN6O2/c1-14-3-8-21(25-13-14)32-20-11-16-5-7-17(20)29(19(16)12-24)23(31)22-18(6-4-15(2)28-22)30-26-9-10-27-30/h3-4,6,8-10,13,16-17,19-20H,5,7,11-12H2,1-2H3. The van der Waals surface area contributed by atoms with Crippen molar-refractivity contribution in [2.45, 2.75) is 51.3 Å². The van der Waals surface area contributed by atoms with Crippen molar-refractivity contribution in [1.29, 1.82) is 0 Å². The number of piperidine rings is 2. The third-order valence-corrected chi connectivity index (χ3v) is 6.46. The van der Waals surface area contributed by atoms with Crippen molar-refractivity contribution in [3.05, 3.63) is 59.8 Å². The SMILES string of the molecule is Cc1ccc(OC2CC3CCC2N(C(=O)c2nc(C)ccc2-n2nccn2)C3CF)nc1. The van der Waals surface area contributed by atoms with E-state index < -0.39 is 12.7 Å². The highest BCUT2D eigenvalue weighted by molar-refractivity contribution is 5.96. The summed E-state index contributed by atoms with van der Waals surface area (Å²) < 4.78 is 20.4. The molecule has 0 N–H and O–H groups in total. The van der Waals surface area contributed by atoms with E-state index in [4.69, 9.17) is 4.74 Å². The number of halogens is 1. The van der Waals surface area contributed by atoms with Gasteiger partial charge in [0.05, 0.1) is 24.5 Å². The Bertz CT molecular complexity index is 1100. The zero-order valence-corrected chi connectivity index (χ0v) is 18.1. The predicted octanol–water partition coefficient (Wildman–Crippen LogP) is 3.08. The first kappa shape index (κ1) is 20.5. The van der Waals surface area contributed by atoms with Gasteiger partial charge >= 0.3 is 0 Å². The van der Waals surface area contributed by atoms with Crippen molar-refractivity contribution in [1.82, 2.24) is 29.9 Å². The molecule has 2 saturated heterocycles. The molecule has 0 spiro atoms. The number of amides is 1. The van der Waals surface area contributed by atoms with Crippen LogP contribution in [0.25, 0.3) is 5.69 Å². The Morgan fingerprint density at radius 3 is 2.69 bits per heavy atom. The summed E-state index contributed by atoms with van der Waals surface area (Å²) in [5, 5.41) is 8.31. The Balaban J connectivity index is 1.49. The second-order valence-corrected chi connectivity index (χ2v) is 8.54. The minimum atomic E-state index is -0.594. The van der Waals surface area contributed by atoms with E-state index in [-0.39, 0.29) is 29.7 Å². The normalized spacial score (nSPS) is 24.5. The van der Waals surface area contributed by atoms with Gasteiger partial charge in [-0.1, -0.05) is 6.07 Å². The van der Waals surface area contributed by atoms with Crippen LogP contribution in [0.15, 0.2) is 42.9 Å². The minimum Gasteiger partial charge on any atom is -0.472 e. The van der Waals surface area contributed by atoms with Gasteiger partial charge in [0.1, 0.15) is 18.5 Å². The van der Waals surface area contributed by atoms with E-state index in [0.29, 0.717) is 23.7 Å². The van der Waals surface area contributed by atoms with Gasteiger partial charge in [0.25, 0.3) is 5.91 Å². The quantitative estimate of drug-likeness (QED) is 0.611. The van der Waals surface area contributed by atoms with Gasteiger partial charge in [-0.05, 0) is 56.7 Å². The number of fused-ring (bicyclic) bond motifs is 3. The predicted molar refractivity (Wildman–Crippen MR) is 114 cm³/mol. The second kappa shape index (κ2) is 8.29. The summed E-state index contributed by atoms with van der Waals surface area (Å²) in [6.07, 6.45) is 6.92. The molecule has 3 aromatic heterocycles. The van der Waals surface area contributed by atoms with Gasteiger partial charge in [-0.2, -0.15) is 10.2 Å². The lowest BCUT2D eigenvalue weighted by Crippen LogP contribution is -2.65. The van der Waals surface area contributed by atoms with Crippen LogP contribution >= 0.6 is 0 Å². The zero-order chi connectivity index (χ0) is 22.2. The Hall–Kier alpha value is -3.36. The molecule has 2 aliphatic heterocycles. The Morgan fingerprint density at radius 2 is 1.97 bits per heavy atom. The highest BCUT2D eigenvalue weighted by atomic mass is 19.1. The van der Waals surface area contributed by atoms with Gasteiger partial charge in [0.15, 0.2) is 5.69 Å². The van der Waals surface area contributed by atoms with Gasteiger partial charge in [0.2, 0.25) is 5.88 Å². The van der Waals surface area contributed by atoms with Crippen molar-refractivity contribution in [3.63, 3.8) is 0 Å². The van der Waals surface area contributed by atoms with Crippen LogP contribution in [-0.2, 0) is 0 Å². The lowest BCUT2D eigenvalue weighted by atomic mass is 9.73. The number of carbonyl (C=O) groups excluding carboxylic acids is 1. The number of rotatable bonds is 5. The monoisotopic (exact) mass is 436 g/mol. The van der Waals surface area contributed by atoms with Crippen LogP contribution in [0.1, 0.15) is 41.0 Å². The molecule has 1 amide bonds. The second-order valence-electron chi connectivity index (χ2n) is 8.54. The van der Waals surface area contributed by atoms with Gasteiger partial charge < -0.3 is 9.64 Å². The molecule has 0 radical (unpaired) electrons. The lowest BCUT2D eigenvalue weighted by Gasteiger charge is -2.53. The molecule has 3 aliphatic rings. The third-order valence-electron chi connectivity index (χ3n) is 6.46. The summed E-state index contributed by atoms with van der Waals surface area (Å²) in [6.45, 7) is 3.19. The van der Waals surface area contributed by atoms with Crippen LogP contribution in [-0.4, -0.2) is 60.6 Å². The van der Waals surface area contributed by atoms with Gasteiger partial charge in [-0.3, -0.25) is 4.79 Å². The van der Waals surface area contributed by atoms with E-state index >= 15 is 0 Å². The van der Waals surface area contributed by atoms with Crippen molar-refractivity contribution in [2.24, 2.45) is 5.92 Å². The highest BCUT2D eigenvalue weighted by Gasteiger charge is 2.51. The molecule has 32 heavy (non-hydrogen) atoms. The highest BCUT2D eigenvalue weighted by Crippen LogP contribution is 2.42. The lowest BCUT2D eigenvalue weighted by molar-refractivity contribution is -0.0706. The maximum Gasteiger partial charge on any atom is 0.275 e. The van der Waals surface area contributed by atoms with Crippen molar-refractivity contribution < 1.29 is 13.9 Å². The van der Waals surface area contributed by atoms with Gasteiger partial charge in [0, 0.05) is 18.0 Å². The fourth-order valence-electron chi connectivity index (χ4n) is 4.92. The Kier molecular flexibility index (Phi) is 5.32. The molecule has 1 aliphatic carbocycles. The molecule has 0 aromatic carbocycles. The summed E-state index contributed by atoms with van der Waals surface area (Å²) in [6, 6.07) is 6.60. The number of alkyl halides is 1. The van der Waals surface area contributed by atoms with Gasteiger partial charge in [-0.15, -0.1) is 4.80 Å². The number of aromatic nitrogens is 5. The van der Waals surface area contributed by atoms with E-state index in [0.717, 1.165) is 18.4 Å². The summed E-state index contributed by atoms with van der Waals surface area (Å²) in [7, 11) is 0. The molecule has 9 heteroatoms. The zero-order valence-electron chi connectivity index (χ0n) is 18.1. The third kappa shape index (κ3) is 3.61. The van der Waals surface area contributed by atoms with Crippen LogP contribution in [0.2, 0.25) is 0 Å². The summed E-state index contributed by atoms with van der Waals surface area (Å²) in [5.41, 5.74) is 2.43. The smallest absolute Gasteiger partial charge is 0.275 e. The van der Waals surface area contributed by atoms with Crippen LogP contribution in [0, 0.1) is 19.8 Å². The number of ether oxygens (including phenoxy) is 1. The molecule has 4 unspecified atom stereocenters. The van der Waals surface area contributed by atoms with E-state index in [9.17, 15) is 9.18 Å². The largest absolute Gasteiger partial charge is 0.472 e. The fourth-order valence-corrected chi connectivity index (χ4v) is 4.92. The molecule has 8 nitrogen and oxygen atoms in total. The van der Waals surface area contributed by atoms with Crippen LogP contribution in [0.4, 0.5) is 4.39 Å². The van der Waals surface area contributed by atoms with Crippen molar-refractivity contribution >= 4 is 5.91 Å². The Morgan fingerprint density at radius 1 is 1.16 bits per heavy atom. The number of nitrogens with zero attached hydrogens (tertiary/aromatic N) is 6. The number of aryl methyl sites for hydroxylation is 2. The number of carbonyl (C=O) groups is 1. The van der Waals surface area contributed by atoms with Crippen molar-refractivity contribution in [2.75, 3.05) is 6.67 Å². The van der Waals surface area contributed by atoms with E-state index in [1.54, 1.807) is 35.6 Å². The topological polar surface area (TPSA) is 86.0 Å². The summed E-state index contributed by atoms with van der Waals surface area (Å²) in [5.74, 6) is 0.233. The number of hydrogen-bond donors (Lipinski definition) is 0. The summed E-state index contributed by atoms with van der Waals surface area (Å²) >= 11 is 0. The molecule has 166 valence electrons. The van der Waals surface area contributed by atoms with Crippen molar-refractivity contribution in [3.8, 4) is 11.6 Å². The molecule has 3 fully saturated rings. The van der Waals surface area contributed by atoms with Gasteiger partial charge in [-0.25, -0.2) is 14.4 Å². The first-order chi connectivity index (χ1) is 15.5. The van der Waals surface area contributed by atoms with E-state index in [2.05, 4.69) is 20.2 Å². The number of hydrogen-bond acceptors (Lipinski definition) is 6. The molecule has 1 saturated carbocycles. The molecule has 6 rings (SSSR count). The molecule has 3 aromatic rings. The molecule has 4 atom stereocenters. The average Bonchev–Trinajstić information content (AvgIpc) is 3.34. The molecule has 2 bridgehead atoms. The molecule has 5 heterocycles. The number of pyridine rings is 2. The van der Waals surface area contributed by atoms with E-state index in [1.807, 2.05) is 26.0 Å². The van der Waals surface area contributed by atoms with E-state index in [1.165, 1.54) is 4.80 Å². The van der Waals surface area contributed by atoms with Crippen LogP contribution in [0.3, 0.4) is 0 Å². The maximum atomic E-state index is 14.2. The first-order valence-electron chi connectivity index (χ1n) is 10.9. The molecular weight excluding hydrogens is 411 g/mol. The first-order valence-corrected chi connectivity index (χ1v) is 10.9. The summed E-state index contributed by atoms with van der Waals surface area (Å²) in [4.78, 5) is 25.7. The fraction of sp³-hybridized carbons (Fsp3) is 0.435. The molecular formula is C23H25FN6O2. The Labute approximate surface area is 185 Å². The maximum absolute atomic E-state index is 14.2. The van der Waals surface area contributed by atoms with Crippen LogP contribution < -0.4 is 4.74 Å². The van der Waals surface area contributed by atoms with Crippen LogP contribution in [0.5, 0.6) is 5.88 Å². The minimum absolute atomic E-state index is 0.0282.